The molecule has 154 valence electrons. The number of hydrogen-bond acceptors (Lipinski definition) is 5. The van der Waals surface area contributed by atoms with Gasteiger partial charge in [0.2, 0.25) is 0 Å². The van der Waals surface area contributed by atoms with Crippen LogP contribution in [0.5, 0.6) is 0 Å². The molecule has 1 fully saturated rings. The van der Waals surface area contributed by atoms with Gasteiger partial charge in [-0.1, -0.05) is 0 Å². The molecule has 0 aliphatic carbocycles. The van der Waals surface area contributed by atoms with Gasteiger partial charge in [0, 0.05) is 44.0 Å². The maximum Gasteiger partial charge on any atom is 0.290 e. The Labute approximate surface area is 160 Å². The van der Waals surface area contributed by atoms with Crippen molar-refractivity contribution in [1.29, 1.82) is 0 Å². The lowest BCUT2D eigenvalue weighted by molar-refractivity contribution is -0.122. The van der Waals surface area contributed by atoms with Crippen LogP contribution in [0.3, 0.4) is 0 Å². The largest absolute Gasteiger partial charge is 0.483 e. The summed E-state index contributed by atoms with van der Waals surface area (Å²) in [6.45, 7) is 7.25. The van der Waals surface area contributed by atoms with E-state index in [1.807, 2.05) is 13.8 Å². The quantitative estimate of drug-likeness (QED) is 0.675. The van der Waals surface area contributed by atoms with Gasteiger partial charge in [-0.25, -0.2) is 8.78 Å². The van der Waals surface area contributed by atoms with E-state index < -0.39 is 6.43 Å². The van der Waals surface area contributed by atoms with Gasteiger partial charge in [0.1, 0.15) is 5.69 Å². The van der Waals surface area contributed by atoms with E-state index in [1.54, 1.807) is 4.90 Å². The van der Waals surface area contributed by atoms with Crippen molar-refractivity contribution in [3.8, 4) is 0 Å². The molecule has 3 rings (SSSR count). The van der Waals surface area contributed by atoms with Crippen LogP contribution in [0, 0.1) is 13.8 Å². The van der Waals surface area contributed by atoms with Gasteiger partial charge in [0.15, 0.2) is 5.69 Å². The molecule has 0 atom stereocenters. The number of hydrogen-bond donors (Lipinski definition) is 3. The molecule has 11 heteroatoms. The highest BCUT2D eigenvalue weighted by Crippen LogP contribution is 2.18. The molecule has 0 unspecified atom stereocenters. The van der Waals surface area contributed by atoms with Crippen LogP contribution < -0.4 is 0 Å². The summed E-state index contributed by atoms with van der Waals surface area (Å²) in [5, 5.41) is 20.0. The zero-order chi connectivity index (χ0) is 20.7. The number of carbonyl (C=O) groups excluding carboxylic acids is 1. The number of nitrogens with zero attached hydrogens (tertiary/aromatic N) is 4. The number of aromatic amines is 2. The first-order valence-electron chi connectivity index (χ1n) is 8.80. The van der Waals surface area contributed by atoms with Gasteiger partial charge in [-0.3, -0.25) is 24.7 Å². The topological polar surface area (TPSA) is 118 Å². The lowest BCUT2D eigenvalue weighted by Gasteiger charge is -2.21. The fourth-order valence-electron chi connectivity index (χ4n) is 3.08. The number of aromatic nitrogens is 4. The predicted octanol–water partition coefficient (Wildman–Crippen LogP) is 1.74. The Kier molecular flexibility index (Phi) is 7.61. The number of halogens is 2. The zero-order valence-corrected chi connectivity index (χ0v) is 15.8. The van der Waals surface area contributed by atoms with Crippen LogP contribution in [-0.4, -0.2) is 73.9 Å². The van der Waals surface area contributed by atoms with E-state index in [2.05, 4.69) is 25.3 Å². The fourth-order valence-corrected chi connectivity index (χ4v) is 3.08. The van der Waals surface area contributed by atoms with Crippen LogP contribution in [0.2, 0.25) is 0 Å². The van der Waals surface area contributed by atoms with Gasteiger partial charge in [-0.05, 0) is 26.3 Å². The number of amides is 1. The summed E-state index contributed by atoms with van der Waals surface area (Å²) in [6, 6.07) is 1.13. The van der Waals surface area contributed by atoms with E-state index in [-0.39, 0.29) is 23.8 Å². The van der Waals surface area contributed by atoms with Crippen LogP contribution in [-0.2, 0) is 11.3 Å². The van der Waals surface area contributed by atoms with Gasteiger partial charge < -0.3 is 10.0 Å². The van der Waals surface area contributed by atoms with Crippen molar-refractivity contribution in [3.63, 3.8) is 0 Å². The van der Waals surface area contributed by atoms with Crippen LogP contribution in [0.25, 0.3) is 0 Å². The molecule has 28 heavy (non-hydrogen) atoms. The number of nitrogens with one attached hydrogen (secondary N) is 2. The molecule has 0 spiro atoms. The minimum Gasteiger partial charge on any atom is -0.483 e. The van der Waals surface area contributed by atoms with Gasteiger partial charge >= 0.3 is 0 Å². The third-order valence-electron chi connectivity index (χ3n) is 4.59. The summed E-state index contributed by atoms with van der Waals surface area (Å²) in [7, 11) is 0. The Bertz CT molecular complexity index is 772. The molecule has 1 amide bonds. The first-order valence-corrected chi connectivity index (χ1v) is 8.80. The molecule has 2 aromatic rings. The Morgan fingerprint density at radius 1 is 1.25 bits per heavy atom. The number of carbonyl (C=O) groups is 2. The minimum absolute atomic E-state index is 0.0465. The average molecular weight is 398 g/mol. The minimum atomic E-state index is -2.66. The van der Waals surface area contributed by atoms with E-state index in [0.29, 0.717) is 13.1 Å². The van der Waals surface area contributed by atoms with Gasteiger partial charge in [0.25, 0.3) is 18.8 Å². The molecule has 9 nitrogen and oxygen atoms in total. The second-order valence-corrected chi connectivity index (χ2v) is 6.45. The molecule has 1 saturated heterocycles. The number of carboxylic acid groups (broad SMARTS) is 1. The van der Waals surface area contributed by atoms with Crippen LogP contribution >= 0.6 is 0 Å². The fraction of sp³-hybridized carbons (Fsp3) is 0.529. The maximum atomic E-state index is 12.6. The summed E-state index contributed by atoms with van der Waals surface area (Å²) < 4.78 is 25.3. The molecular weight excluding hydrogens is 374 g/mol. The van der Waals surface area contributed by atoms with Crippen molar-refractivity contribution in [2.45, 2.75) is 33.2 Å². The first kappa shape index (κ1) is 21.5. The van der Waals surface area contributed by atoms with Gasteiger partial charge in [0.05, 0.1) is 5.69 Å². The molecule has 0 aromatic carbocycles. The molecular formula is C17H24F2N6O3. The summed E-state index contributed by atoms with van der Waals surface area (Å²) >= 11 is 0. The third-order valence-corrected chi connectivity index (χ3v) is 4.59. The van der Waals surface area contributed by atoms with Crippen molar-refractivity contribution < 1.29 is 23.5 Å². The van der Waals surface area contributed by atoms with Gasteiger partial charge in [-0.15, -0.1) is 0 Å². The summed E-state index contributed by atoms with van der Waals surface area (Å²) in [5.74, 6) is -0.305. The second-order valence-electron chi connectivity index (χ2n) is 6.45. The summed E-state index contributed by atoms with van der Waals surface area (Å²) in [6.07, 6.45) is -1.83. The normalized spacial score (nSPS) is 15.1. The Morgan fingerprint density at radius 2 is 1.96 bits per heavy atom. The van der Waals surface area contributed by atoms with E-state index in [0.717, 1.165) is 43.5 Å². The molecule has 0 radical (unpaired) electrons. The van der Waals surface area contributed by atoms with Crippen molar-refractivity contribution in [1.82, 2.24) is 30.2 Å². The standard InChI is InChI=1S/C16H22F2N6O.CH2O2/c1-10-12(11(2)20-19-10)9-23-4-3-5-24(7-6-23)16(25)14-8-13(15(17)18)21-22-14;2-1-3/h8,15H,3-7,9H2,1-2H3,(H,19,20)(H,21,22);1H,(H,2,3). The van der Waals surface area contributed by atoms with Crippen molar-refractivity contribution in [2.24, 2.45) is 0 Å². The molecule has 1 aliphatic rings. The summed E-state index contributed by atoms with van der Waals surface area (Å²) in [4.78, 5) is 24.8. The Balaban J connectivity index is 0.000000878. The van der Waals surface area contributed by atoms with E-state index in [1.165, 1.54) is 5.56 Å². The smallest absolute Gasteiger partial charge is 0.290 e. The Hall–Kier alpha value is -2.82. The highest BCUT2D eigenvalue weighted by Gasteiger charge is 2.24. The number of aryl methyl sites for hydroxylation is 2. The maximum absolute atomic E-state index is 12.6. The van der Waals surface area contributed by atoms with E-state index >= 15 is 0 Å². The van der Waals surface area contributed by atoms with E-state index in [4.69, 9.17) is 9.90 Å². The SMILES string of the molecule is Cc1n[nH]c(C)c1CN1CCCN(C(=O)c2cc(C(F)F)[nH]n2)CC1.O=CO. The molecule has 1 aliphatic heterocycles. The number of rotatable bonds is 4. The Morgan fingerprint density at radius 3 is 2.54 bits per heavy atom. The average Bonchev–Trinajstić information content (AvgIpc) is 3.18. The van der Waals surface area contributed by atoms with E-state index in [9.17, 15) is 13.6 Å². The van der Waals surface area contributed by atoms with Crippen LogP contribution in [0.4, 0.5) is 8.78 Å². The van der Waals surface area contributed by atoms with Gasteiger partial charge in [-0.2, -0.15) is 10.2 Å². The molecule has 0 saturated carbocycles. The third kappa shape index (κ3) is 5.35. The number of H-pyrrole nitrogens is 2. The molecule has 0 bridgehead atoms. The highest BCUT2D eigenvalue weighted by atomic mass is 19.3. The second kappa shape index (κ2) is 9.93. The van der Waals surface area contributed by atoms with Crippen molar-refractivity contribution in [3.05, 3.63) is 34.4 Å². The first-order chi connectivity index (χ1) is 13.4. The van der Waals surface area contributed by atoms with Crippen LogP contribution in [0.15, 0.2) is 6.07 Å². The molecule has 2 aromatic heterocycles. The zero-order valence-electron chi connectivity index (χ0n) is 15.8. The highest BCUT2D eigenvalue weighted by molar-refractivity contribution is 5.92. The lowest BCUT2D eigenvalue weighted by atomic mass is 10.2. The van der Waals surface area contributed by atoms with Crippen molar-refractivity contribution >= 4 is 12.4 Å². The molecule has 3 N–H and O–H groups in total. The van der Waals surface area contributed by atoms with Crippen LogP contribution in [0.1, 0.15) is 46.0 Å². The predicted molar refractivity (Wildman–Crippen MR) is 96.1 cm³/mol. The summed E-state index contributed by atoms with van der Waals surface area (Å²) in [5.41, 5.74) is 2.96. The molecule has 3 heterocycles. The lowest BCUT2D eigenvalue weighted by Crippen LogP contribution is -2.35. The number of alkyl halides is 2. The monoisotopic (exact) mass is 398 g/mol. The van der Waals surface area contributed by atoms with Crippen molar-refractivity contribution in [2.75, 3.05) is 26.2 Å².